The molecule has 1 amide bonds. The Bertz CT molecular complexity index is 617. The molecule has 0 saturated heterocycles. The second kappa shape index (κ2) is 5.09. The van der Waals surface area contributed by atoms with E-state index < -0.39 is 0 Å². The predicted octanol–water partition coefficient (Wildman–Crippen LogP) is 1.52. The van der Waals surface area contributed by atoms with Crippen molar-refractivity contribution < 1.29 is 4.79 Å². The smallest absolute Gasteiger partial charge is 0.255 e. The predicted molar refractivity (Wildman–Crippen MR) is 73.9 cm³/mol. The molecule has 2 rings (SSSR count). The summed E-state index contributed by atoms with van der Waals surface area (Å²) in [5, 5.41) is 6.99. The highest BCUT2D eigenvalue weighted by atomic mass is 16.1. The zero-order chi connectivity index (χ0) is 14.0. The van der Waals surface area contributed by atoms with Gasteiger partial charge in [-0.1, -0.05) is 6.92 Å². The summed E-state index contributed by atoms with van der Waals surface area (Å²) in [5.74, 6) is 0.146. The summed E-state index contributed by atoms with van der Waals surface area (Å²) in [6.07, 6.45) is 2.50. The number of nitrogens with zero attached hydrogens (tertiary/aromatic N) is 3. The summed E-state index contributed by atoms with van der Waals surface area (Å²) in [6.45, 7) is 3.81. The molecule has 19 heavy (non-hydrogen) atoms. The second-order valence-corrected chi connectivity index (χ2v) is 4.38. The highest BCUT2D eigenvalue weighted by Gasteiger charge is 2.11. The number of rotatable bonds is 3. The number of anilines is 2. The van der Waals surface area contributed by atoms with Crippen molar-refractivity contribution in [3.63, 3.8) is 0 Å². The van der Waals surface area contributed by atoms with Crippen molar-refractivity contribution in [2.24, 2.45) is 7.05 Å². The zero-order valence-corrected chi connectivity index (χ0v) is 11.3. The Morgan fingerprint density at radius 2 is 2.21 bits per heavy atom. The number of pyridine rings is 1. The molecule has 0 fully saturated rings. The Hall–Kier alpha value is -2.37. The third-order valence-electron chi connectivity index (χ3n) is 2.78. The number of hydrogen-bond acceptors (Lipinski definition) is 4. The van der Waals surface area contributed by atoms with Gasteiger partial charge in [-0.25, -0.2) is 4.98 Å². The van der Waals surface area contributed by atoms with Crippen LogP contribution in [0.2, 0.25) is 0 Å². The molecule has 0 radical (unpaired) electrons. The molecule has 2 aromatic heterocycles. The fourth-order valence-electron chi connectivity index (χ4n) is 1.84. The molecule has 0 aliphatic rings. The van der Waals surface area contributed by atoms with E-state index in [4.69, 9.17) is 5.73 Å². The average Bonchev–Trinajstić information content (AvgIpc) is 2.67. The normalized spacial score (nSPS) is 10.5. The maximum Gasteiger partial charge on any atom is 0.255 e. The second-order valence-electron chi connectivity index (χ2n) is 4.38. The first-order valence-corrected chi connectivity index (χ1v) is 6.07. The lowest BCUT2D eigenvalue weighted by atomic mass is 10.2. The minimum atomic E-state index is -0.208. The molecule has 0 atom stereocenters. The average molecular weight is 259 g/mol. The van der Waals surface area contributed by atoms with E-state index in [-0.39, 0.29) is 5.91 Å². The van der Waals surface area contributed by atoms with Gasteiger partial charge >= 0.3 is 0 Å². The molecular formula is C13H17N5O. The summed E-state index contributed by atoms with van der Waals surface area (Å²) in [6, 6.07) is 3.32. The minimum absolute atomic E-state index is 0.208. The third-order valence-corrected chi connectivity index (χ3v) is 2.78. The Morgan fingerprint density at radius 1 is 1.47 bits per heavy atom. The maximum absolute atomic E-state index is 12.2. The Morgan fingerprint density at radius 3 is 2.79 bits per heavy atom. The van der Waals surface area contributed by atoms with Crippen molar-refractivity contribution in [1.29, 1.82) is 0 Å². The summed E-state index contributed by atoms with van der Waals surface area (Å²) in [4.78, 5) is 16.3. The van der Waals surface area contributed by atoms with Crippen LogP contribution in [0.25, 0.3) is 0 Å². The SMILES string of the molecule is CCc1cc(C(=O)Nc2cn(C)nc2C)cc(N)n1. The molecule has 0 unspecified atom stereocenters. The summed E-state index contributed by atoms with van der Waals surface area (Å²) < 4.78 is 1.66. The third kappa shape index (κ3) is 2.90. The van der Waals surface area contributed by atoms with Crippen molar-refractivity contribution in [3.8, 4) is 0 Å². The lowest BCUT2D eigenvalue weighted by Gasteiger charge is -2.06. The first-order valence-electron chi connectivity index (χ1n) is 6.07. The van der Waals surface area contributed by atoms with E-state index in [0.717, 1.165) is 17.8 Å². The number of nitrogens with one attached hydrogen (secondary N) is 1. The van der Waals surface area contributed by atoms with E-state index in [1.165, 1.54) is 0 Å². The Kier molecular flexibility index (Phi) is 3.50. The highest BCUT2D eigenvalue weighted by Crippen LogP contribution is 2.15. The largest absolute Gasteiger partial charge is 0.384 e. The number of nitrogens with two attached hydrogens (primary N) is 1. The van der Waals surface area contributed by atoms with Crippen LogP contribution in [0.15, 0.2) is 18.3 Å². The molecule has 2 aromatic rings. The number of aromatic nitrogens is 3. The fourth-order valence-corrected chi connectivity index (χ4v) is 1.84. The Labute approximate surface area is 111 Å². The van der Waals surface area contributed by atoms with Gasteiger partial charge in [0.2, 0.25) is 0 Å². The van der Waals surface area contributed by atoms with Gasteiger partial charge in [0.25, 0.3) is 5.91 Å². The van der Waals surface area contributed by atoms with Gasteiger partial charge in [-0.05, 0) is 25.5 Å². The van der Waals surface area contributed by atoms with E-state index >= 15 is 0 Å². The van der Waals surface area contributed by atoms with Gasteiger partial charge < -0.3 is 11.1 Å². The van der Waals surface area contributed by atoms with E-state index in [1.54, 1.807) is 23.0 Å². The number of amides is 1. The summed E-state index contributed by atoms with van der Waals surface area (Å²) >= 11 is 0. The van der Waals surface area contributed by atoms with Gasteiger partial charge in [0.05, 0.1) is 11.4 Å². The lowest BCUT2D eigenvalue weighted by molar-refractivity contribution is 0.102. The monoisotopic (exact) mass is 259 g/mol. The molecule has 100 valence electrons. The molecule has 0 aliphatic heterocycles. The number of aryl methyl sites for hydroxylation is 3. The topological polar surface area (TPSA) is 85.8 Å². The number of hydrogen-bond donors (Lipinski definition) is 2. The van der Waals surface area contributed by atoms with Crippen LogP contribution in [0.5, 0.6) is 0 Å². The van der Waals surface area contributed by atoms with E-state index in [2.05, 4.69) is 15.4 Å². The van der Waals surface area contributed by atoms with E-state index in [1.807, 2.05) is 20.9 Å². The first kappa shape index (κ1) is 13.1. The quantitative estimate of drug-likeness (QED) is 0.875. The number of carbonyl (C=O) groups excluding carboxylic acids is 1. The van der Waals surface area contributed by atoms with E-state index in [0.29, 0.717) is 17.1 Å². The molecule has 0 saturated carbocycles. The van der Waals surface area contributed by atoms with E-state index in [9.17, 15) is 4.79 Å². The number of nitrogen functional groups attached to an aromatic ring is 1. The lowest BCUT2D eigenvalue weighted by Crippen LogP contribution is -2.13. The van der Waals surface area contributed by atoms with Gasteiger partial charge in [-0.3, -0.25) is 9.48 Å². The molecule has 0 aromatic carbocycles. The molecule has 0 spiro atoms. The van der Waals surface area contributed by atoms with Gasteiger partial charge in [-0.15, -0.1) is 0 Å². The van der Waals surface area contributed by atoms with Gasteiger partial charge in [-0.2, -0.15) is 5.10 Å². The fraction of sp³-hybridized carbons (Fsp3) is 0.308. The maximum atomic E-state index is 12.2. The van der Waals surface area contributed by atoms with Gasteiger partial charge in [0, 0.05) is 24.5 Å². The van der Waals surface area contributed by atoms with Crippen LogP contribution >= 0.6 is 0 Å². The van der Waals surface area contributed by atoms with Crippen LogP contribution in [0.4, 0.5) is 11.5 Å². The summed E-state index contributed by atoms with van der Waals surface area (Å²) in [5.41, 5.74) is 8.47. The van der Waals surface area contributed by atoms with Crippen LogP contribution in [-0.4, -0.2) is 20.7 Å². The van der Waals surface area contributed by atoms with Crippen LogP contribution in [0.3, 0.4) is 0 Å². The molecule has 6 nitrogen and oxygen atoms in total. The standard InChI is InChI=1S/C13H17N5O/c1-4-10-5-9(6-12(14)15-10)13(19)16-11-7-18(3)17-8(11)2/h5-7H,4H2,1-3H3,(H2,14,15)(H,16,19). The molecule has 0 aliphatic carbocycles. The van der Waals surface area contributed by atoms with Crippen molar-refractivity contribution in [2.75, 3.05) is 11.1 Å². The van der Waals surface area contributed by atoms with Crippen molar-refractivity contribution in [2.45, 2.75) is 20.3 Å². The van der Waals surface area contributed by atoms with Gasteiger partial charge in [0.1, 0.15) is 5.82 Å². The molecule has 3 N–H and O–H groups in total. The Balaban J connectivity index is 2.25. The summed E-state index contributed by atoms with van der Waals surface area (Å²) in [7, 11) is 1.81. The molecular weight excluding hydrogens is 242 g/mol. The van der Waals surface area contributed by atoms with Crippen LogP contribution < -0.4 is 11.1 Å². The molecule has 6 heteroatoms. The van der Waals surface area contributed by atoms with Crippen LogP contribution in [0.1, 0.15) is 28.7 Å². The zero-order valence-electron chi connectivity index (χ0n) is 11.3. The first-order chi connectivity index (χ1) is 8.99. The van der Waals surface area contributed by atoms with Crippen molar-refractivity contribution >= 4 is 17.4 Å². The minimum Gasteiger partial charge on any atom is -0.384 e. The van der Waals surface area contributed by atoms with Crippen molar-refractivity contribution in [3.05, 3.63) is 35.3 Å². The molecule has 2 heterocycles. The highest BCUT2D eigenvalue weighted by molar-refractivity contribution is 6.04. The van der Waals surface area contributed by atoms with Crippen LogP contribution in [0, 0.1) is 6.92 Å². The van der Waals surface area contributed by atoms with Crippen LogP contribution in [-0.2, 0) is 13.5 Å². The molecule has 0 bridgehead atoms. The number of carbonyl (C=O) groups is 1. The van der Waals surface area contributed by atoms with Gasteiger partial charge in [0.15, 0.2) is 0 Å². The van der Waals surface area contributed by atoms with Crippen molar-refractivity contribution in [1.82, 2.24) is 14.8 Å².